The molecule has 0 bridgehead atoms. The van der Waals surface area contributed by atoms with Crippen molar-refractivity contribution in [2.45, 2.75) is 31.7 Å². The fraction of sp³-hybridized carbons (Fsp3) is 0.500. The molecule has 3 heteroatoms. The van der Waals surface area contributed by atoms with Crippen LogP contribution in [0.4, 0.5) is 0 Å². The number of phenols is 1. The fourth-order valence-electron chi connectivity index (χ4n) is 2.34. The van der Waals surface area contributed by atoms with Crippen LogP contribution in [0, 0.1) is 5.92 Å². The van der Waals surface area contributed by atoms with Crippen LogP contribution in [-0.4, -0.2) is 5.11 Å². The SMILES string of the molecule is Cl.N[C@@H](c1ccccc1O)C1CCCC1. The normalized spacial score (nSPS) is 18.5. The summed E-state index contributed by atoms with van der Waals surface area (Å²) >= 11 is 0. The molecule has 1 aromatic carbocycles. The van der Waals surface area contributed by atoms with Crippen molar-refractivity contribution in [2.75, 3.05) is 0 Å². The maximum Gasteiger partial charge on any atom is 0.120 e. The van der Waals surface area contributed by atoms with Crippen LogP contribution >= 0.6 is 12.4 Å². The Hall–Kier alpha value is -0.730. The van der Waals surface area contributed by atoms with Gasteiger partial charge in [-0.2, -0.15) is 0 Å². The third kappa shape index (κ3) is 2.64. The van der Waals surface area contributed by atoms with Crippen molar-refractivity contribution in [3.8, 4) is 5.75 Å². The summed E-state index contributed by atoms with van der Waals surface area (Å²) in [6.07, 6.45) is 4.98. The van der Waals surface area contributed by atoms with Gasteiger partial charge in [0.1, 0.15) is 5.75 Å². The maximum absolute atomic E-state index is 9.66. The predicted molar refractivity (Wildman–Crippen MR) is 64.2 cm³/mol. The molecule has 0 unspecified atom stereocenters. The van der Waals surface area contributed by atoms with Crippen LogP contribution in [0.5, 0.6) is 5.75 Å². The predicted octanol–water partition coefficient (Wildman–Crippen LogP) is 3.00. The Morgan fingerprint density at radius 1 is 1.20 bits per heavy atom. The third-order valence-corrected chi connectivity index (χ3v) is 3.20. The number of hydrogen-bond donors (Lipinski definition) is 2. The molecule has 1 atom stereocenters. The van der Waals surface area contributed by atoms with Gasteiger partial charge < -0.3 is 10.8 Å². The van der Waals surface area contributed by atoms with Crippen LogP contribution in [0.15, 0.2) is 24.3 Å². The summed E-state index contributed by atoms with van der Waals surface area (Å²) in [6.45, 7) is 0. The smallest absolute Gasteiger partial charge is 0.120 e. The number of rotatable bonds is 2. The lowest BCUT2D eigenvalue weighted by Gasteiger charge is -2.19. The maximum atomic E-state index is 9.66. The lowest BCUT2D eigenvalue weighted by molar-refractivity contribution is 0.412. The molecule has 0 aromatic heterocycles. The summed E-state index contributed by atoms with van der Waals surface area (Å²) in [5, 5.41) is 9.66. The third-order valence-electron chi connectivity index (χ3n) is 3.20. The molecule has 1 aliphatic rings. The van der Waals surface area contributed by atoms with Crippen LogP contribution < -0.4 is 5.73 Å². The Morgan fingerprint density at radius 3 is 2.40 bits per heavy atom. The summed E-state index contributed by atoms with van der Waals surface area (Å²) in [5.74, 6) is 0.898. The van der Waals surface area contributed by atoms with Crippen molar-refractivity contribution < 1.29 is 5.11 Å². The molecule has 0 amide bonds. The Labute approximate surface area is 96.9 Å². The summed E-state index contributed by atoms with van der Waals surface area (Å²) in [7, 11) is 0. The van der Waals surface area contributed by atoms with E-state index in [1.54, 1.807) is 6.07 Å². The minimum absolute atomic E-state index is 0. The zero-order chi connectivity index (χ0) is 9.97. The molecule has 1 fully saturated rings. The van der Waals surface area contributed by atoms with Crippen molar-refractivity contribution in [3.05, 3.63) is 29.8 Å². The molecule has 15 heavy (non-hydrogen) atoms. The van der Waals surface area contributed by atoms with Gasteiger partial charge in [-0.1, -0.05) is 31.0 Å². The molecule has 1 aromatic rings. The molecular formula is C12H18ClNO. The number of halogens is 1. The first-order valence-electron chi connectivity index (χ1n) is 5.32. The second kappa shape index (κ2) is 5.38. The van der Waals surface area contributed by atoms with Crippen LogP contribution in [0.25, 0.3) is 0 Å². The number of phenolic OH excluding ortho intramolecular Hbond substituents is 1. The Morgan fingerprint density at radius 2 is 1.80 bits per heavy atom. The lowest BCUT2D eigenvalue weighted by atomic mass is 9.92. The van der Waals surface area contributed by atoms with Crippen molar-refractivity contribution >= 4 is 12.4 Å². The highest BCUT2D eigenvalue weighted by Crippen LogP contribution is 2.36. The molecule has 2 nitrogen and oxygen atoms in total. The van der Waals surface area contributed by atoms with Gasteiger partial charge in [-0.05, 0) is 24.8 Å². The van der Waals surface area contributed by atoms with Crippen molar-refractivity contribution in [1.82, 2.24) is 0 Å². The van der Waals surface area contributed by atoms with Gasteiger partial charge in [0.15, 0.2) is 0 Å². The molecule has 0 saturated heterocycles. The van der Waals surface area contributed by atoms with Gasteiger partial charge in [-0.3, -0.25) is 0 Å². The summed E-state index contributed by atoms with van der Waals surface area (Å²) in [5.41, 5.74) is 7.04. The highest BCUT2D eigenvalue weighted by Gasteiger charge is 2.24. The van der Waals surface area contributed by atoms with E-state index in [2.05, 4.69) is 0 Å². The van der Waals surface area contributed by atoms with Gasteiger partial charge in [0.2, 0.25) is 0 Å². The Kier molecular flexibility index (Phi) is 4.43. The molecule has 0 aliphatic heterocycles. The average molecular weight is 228 g/mol. The van der Waals surface area contributed by atoms with Crippen LogP contribution in [0.3, 0.4) is 0 Å². The van der Waals surface area contributed by atoms with E-state index in [1.165, 1.54) is 25.7 Å². The summed E-state index contributed by atoms with van der Waals surface area (Å²) < 4.78 is 0. The molecule has 1 aliphatic carbocycles. The van der Waals surface area contributed by atoms with E-state index in [0.29, 0.717) is 11.7 Å². The molecule has 0 radical (unpaired) electrons. The molecule has 84 valence electrons. The minimum atomic E-state index is 0. The topological polar surface area (TPSA) is 46.2 Å². The number of nitrogens with two attached hydrogens (primary N) is 1. The second-order valence-corrected chi connectivity index (χ2v) is 4.13. The zero-order valence-corrected chi connectivity index (χ0v) is 9.54. The van der Waals surface area contributed by atoms with Gasteiger partial charge in [-0.15, -0.1) is 12.4 Å². The Bertz CT molecular complexity index is 310. The summed E-state index contributed by atoms with van der Waals surface area (Å²) in [4.78, 5) is 0. The van der Waals surface area contributed by atoms with Crippen molar-refractivity contribution in [3.63, 3.8) is 0 Å². The van der Waals surface area contributed by atoms with Gasteiger partial charge >= 0.3 is 0 Å². The second-order valence-electron chi connectivity index (χ2n) is 4.13. The first-order chi connectivity index (χ1) is 6.79. The first-order valence-corrected chi connectivity index (χ1v) is 5.32. The van der Waals surface area contributed by atoms with Crippen molar-refractivity contribution in [1.29, 1.82) is 0 Å². The molecule has 2 rings (SSSR count). The largest absolute Gasteiger partial charge is 0.508 e. The van der Waals surface area contributed by atoms with Crippen LogP contribution in [0.1, 0.15) is 37.3 Å². The molecular weight excluding hydrogens is 210 g/mol. The van der Waals surface area contributed by atoms with E-state index in [4.69, 9.17) is 5.73 Å². The van der Waals surface area contributed by atoms with E-state index in [9.17, 15) is 5.11 Å². The van der Waals surface area contributed by atoms with E-state index in [-0.39, 0.29) is 18.4 Å². The number of benzene rings is 1. The molecule has 0 heterocycles. The van der Waals surface area contributed by atoms with Gasteiger partial charge in [0, 0.05) is 11.6 Å². The fourth-order valence-corrected chi connectivity index (χ4v) is 2.34. The first kappa shape index (κ1) is 12.3. The van der Waals surface area contributed by atoms with E-state index >= 15 is 0 Å². The van der Waals surface area contributed by atoms with E-state index in [0.717, 1.165) is 5.56 Å². The number of aromatic hydroxyl groups is 1. The number of hydrogen-bond acceptors (Lipinski definition) is 2. The van der Waals surface area contributed by atoms with Gasteiger partial charge in [-0.25, -0.2) is 0 Å². The van der Waals surface area contributed by atoms with Crippen molar-refractivity contribution in [2.24, 2.45) is 11.7 Å². The average Bonchev–Trinajstić information content (AvgIpc) is 2.70. The zero-order valence-electron chi connectivity index (χ0n) is 8.73. The Balaban J connectivity index is 0.00000112. The van der Waals surface area contributed by atoms with Crippen LogP contribution in [0.2, 0.25) is 0 Å². The van der Waals surface area contributed by atoms with Gasteiger partial charge in [0.25, 0.3) is 0 Å². The lowest BCUT2D eigenvalue weighted by Crippen LogP contribution is -2.19. The van der Waals surface area contributed by atoms with E-state index in [1.807, 2.05) is 18.2 Å². The standard InChI is InChI=1S/C12H17NO.ClH/c13-12(9-5-1-2-6-9)10-7-3-4-8-11(10)14;/h3-4,7-9,12,14H,1-2,5-6,13H2;1H/t12-;/m1./s1. The summed E-state index contributed by atoms with van der Waals surface area (Å²) in [6, 6.07) is 7.42. The molecule has 3 N–H and O–H groups in total. The molecule has 0 spiro atoms. The van der Waals surface area contributed by atoms with Gasteiger partial charge in [0.05, 0.1) is 0 Å². The minimum Gasteiger partial charge on any atom is -0.508 e. The van der Waals surface area contributed by atoms with Crippen LogP contribution in [-0.2, 0) is 0 Å². The highest BCUT2D eigenvalue weighted by atomic mass is 35.5. The number of para-hydroxylation sites is 1. The molecule has 1 saturated carbocycles. The monoisotopic (exact) mass is 227 g/mol. The highest BCUT2D eigenvalue weighted by molar-refractivity contribution is 5.85. The quantitative estimate of drug-likeness (QED) is 0.816. The van der Waals surface area contributed by atoms with E-state index < -0.39 is 0 Å².